The number of hydrogen-bond donors (Lipinski definition) is 1. The highest BCUT2D eigenvalue weighted by atomic mass is 79.9. The quantitative estimate of drug-likeness (QED) is 0.931. The normalized spacial score (nSPS) is 10.5. The minimum atomic E-state index is -0.772. The average molecular weight is 344 g/mol. The number of carbonyl (C=O) groups is 1. The van der Waals surface area contributed by atoms with Crippen LogP contribution >= 0.6 is 27.3 Å². The second kappa shape index (κ2) is 5.66. The topological polar surface area (TPSA) is 59.2 Å². The Morgan fingerprint density at radius 2 is 2.37 bits per heavy atom. The van der Waals surface area contributed by atoms with E-state index in [-0.39, 0.29) is 11.4 Å². The van der Waals surface area contributed by atoms with Crippen molar-refractivity contribution in [1.82, 2.24) is 9.88 Å². The van der Waals surface area contributed by atoms with Crippen molar-refractivity contribution in [3.05, 3.63) is 44.4 Å². The maximum atomic E-state index is 13.7. The highest BCUT2D eigenvalue weighted by Crippen LogP contribution is 2.22. The molecular formula is C12H11BrFN3OS. The molecule has 2 aromatic heterocycles. The maximum Gasteiger partial charge on any atom is 0.257 e. The highest BCUT2D eigenvalue weighted by Gasteiger charge is 2.18. The van der Waals surface area contributed by atoms with E-state index < -0.39 is 11.7 Å². The number of carbonyl (C=O) groups excluding carboxylic acids is 1. The van der Waals surface area contributed by atoms with E-state index in [1.807, 2.05) is 11.4 Å². The Kier molecular flexibility index (Phi) is 4.16. The van der Waals surface area contributed by atoms with Crippen LogP contribution < -0.4 is 5.73 Å². The molecule has 0 saturated heterocycles. The van der Waals surface area contributed by atoms with Gasteiger partial charge in [0.05, 0.1) is 12.1 Å². The van der Waals surface area contributed by atoms with Crippen LogP contribution in [0.15, 0.2) is 28.2 Å². The zero-order chi connectivity index (χ0) is 14.0. The molecule has 2 rings (SSSR count). The number of halogens is 2. The molecule has 0 aliphatic rings. The Balaban J connectivity index is 2.17. The molecule has 0 aromatic carbocycles. The number of nitrogens with zero attached hydrogens (tertiary/aromatic N) is 2. The summed E-state index contributed by atoms with van der Waals surface area (Å²) in [6.07, 6.45) is 1.32. The summed E-state index contributed by atoms with van der Waals surface area (Å²) in [5, 5.41) is 1.93. The van der Waals surface area contributed by atoms with Crippen LogP contribution in [0.4, 0.5) is 10.2 Å². The molecule has 1 amide bonds. The van der Waals surface area contributed by atoms with Crippen LogP contribution in [0.25, 0.3) is 0 Å². The van der Waals surface area contributed by atoms with Gasteiger partial charge >= 0.3 is 0 Å². The van der Waals surface area contributed by atoms with Gasteiger partial charge in [-0.25, -0.2) is 9.37 Å². The fourth-order valence-electron chi connectivity index (χ4n) is 1.57. The lowest BCUT2D eigenvalue weighted by molar-refractivity contribution is 0.0781. The van der Waals surface area contributed by atoms with Crippen LogP contribution in [0.5, 0.6) is 0 Å². The van der Waals surface area contributed by atoms with E-state index >= 15 is 0 Å². The highest BCUT2D eigenvalue weighted by molar-refractivity contribution is 9.10. The van der Waals surface area contributed by atoms with Gasteiger partial charge in [0, 0.05) is 28.0 Å². The molecule has 0 unspecified atom stereocenters. The smallest absolute Gasteiger partial charge is 0.257 e. The first-order chi connectivity index (χ1) is 8.99. The summed E-state index contributed by atoms with van der Waals surface area (Å²) in [6.45, 7) is 0.413. The van der Waals surface area contributed by atoms with Gasteiger partial charge in [-0.2, -0.15) is 0 Å². The van der Waals surface area contributed by atoms with E-state index in [2.05, 4.69) is 20.9 Å². The number of aromatic nitrogens is 1. The number of pyridine rings is 1. The van der Waals surface area contributed by atoms with Crippen LogP contribution in [0.2, 0.25) is 0 Å². The summed E-state index contributed by atoms with van der Waals surface area (Å²) >= 11 is 4.87. The van der Waals surface area contributed by atoms with Crippen LogP contribution in [0.1, 0.15) is 15.2 Å². The van der Waals surface area contributed by atoms with Crippen molar-refractivity contribution in [1.29, 1.82) is 0 Å². The van der Waals surface area contributed by atoms with Gasteiger partial charge in [-0.3, -0.25) is 4.79 Å². The van der Waals surface area contributed by atoms with Gasteiger partial charge in [0.25, 0.3) is 5.91 Å². The SMILES string of the molecule is CN(Cc1cc(Br)cs1)C(=O)c1ccnc(N)c1F. The van der Waals surface area contributed by atoms with E-state index in [4.69, 9.17) is 5.73 Å². The molecule has 2 N–H and O–H groups in total. The number of thiophene rings is 1. The number of amides is 1. The first-order valence-corrected chi connectivity index (χ1v) is 7.04. The van der Waals surface area contributed by atoms with Crippen molar-refractivity contribution in [2.24, 2.45) is 0 Å². The fourth-order valence-corrected chi connectivity index (χ4v) is 3.08. The third kappa shape index (κ3) is 3.10. The minimum absolute atomic E-state index is 0.0642. The molecule has 2 heterocycles. The first kappa shape index (κ1) is 14.0. The summed E-state index contributed by atoms with van der Waals surface area (Å²) in [4.78, 5) is 18.2. The molecule has 0 aliphatic heterocycles. The van der Waals surface area contributed by atoms with Crippen molar-refractivity contribution < 1.29 is 9.18 Å². The van der Waals surface area contributed by atoms with Crippen molar-refractivity contribution in [2.75, 3.05) is 12.8 Å². The molecular weight excluding hydrogens is 333 g/mol. The Morgan fingerprint density at radius 1 is 1.63 bits per heavy atom. The molecule has 0 atom stereocenters. The predicted octanol–water partition coefficient (Wildman–Crippen LogP) is 2.90. The molecule has 0 saturated carbocycles. The van der Waals surface area contributed by atoms with Crippen molar-refractivity contribution in [2.45, 2.75) is 6.54 Å². The van der Waals surface area contributed by atoms with E-state index in [0.29, 0.717) is 6.54 Å². The third-order valence-corrected chi connectivity index (χ3v) is 4.19. The summed E-state index contributed by atoms with van der Waals surface area (Å²) in [6, 6.07) is 3.25. The fraction of sp³-hybridized carbons (Fsp3) is 0.167. The molecule has 4 nitrogen and oxygen atoms in total. The molecule has 0 radical (unpaired) electrons. The Hall–Kier alpha value is -1.47. The minimum Gasteiger partial charge on any atom is -0.381 e. The zero-order valence-corrected chi connectivity index (χ0v) is 12.5. The number of nitrogens with two attached hydrogens (primary N) is 1. The van der Waals surface area contributed by atoms with Crippen molar-refractivity contribution in [3.63, 3.8) is 0 Å². The Labute approximate surface area is 122 Å². The lowest BCUT2D eigenvalue weighted by Gasteiger charge is -2.16. The monoisotopic (exact) mass is 343 g/mol. The summed E-state index contributed by atoms with van der Waals surface area (Å²) in [7, 11) is 1.62. The van der Waals surface area contributed by atoms with Crippen LogP contribution in [-0.2, 0) is 6.54 Å². The third-order valence-electron chi connectivity index (χ3n) is 2.51. The van der Waals surface area contributed by atoms with E-state index in [9.17, 15) is 9.18 Å². The van der Waals surface area contributed by atoms with Crippen LogP contribution in [0, 0.1) is 5.82 Å². The van der Waals surface area contributed by atoms with Crippen LogP contribution in [0.3, 0.4) is 0 Å². The lowest BCUT2D eigenvalue weighted by atomic mass is 10.2. The summed E-state index contributed by atoms with van der Waals surface area (Å²) in [5.74, 6) is -1.46. The van der Waals surface area contributed by atoms with Gasteiger partial charge in [-0.1, -0.05) is 0 Å². The van der Waals surface area contributed by atoms with Gasteiger partial charge in [-0.15, -0.1) is 11.3 Å². The number of anilines is 1. The second-order valence-corrected chi connectivity index (χ2v) is 5.86. The lowest BCUT2D eigenvalue weighted by Crippen LogP contribution is -2.27. The van der Waals surface area contributed by atoms with Gasteiger partial charge < -0.3 is 10.6 Å². The Morgan fingerprint density at radius 3 is 3.00 bits per heavy atom. The molecule has 100 valence electrons. The van der Waals surface area contributed by atoms with E-state index in [1.54, 1.807) is 7.05 Å². The van der Waals surface area contributed by atoms with E-state index in [1.165, 1.54) is 28.5 Å². The predicted molar refractivity (Wildman–Crippen MR) is 76.4 cm³/mol. The molecule has 0 fully saturated rings. The molecule has 19 heavy (non-hydrogen) atoms. The molecule has 0 bridgehead atoms. The van der Waals surface area contributed by atoms with Crippen LogP contribution in [-0.4, -0.2) is 22.8 Å². The summed E-state index contributed by atoms with van der Waals surface area (Å²) < 4.78 is 14.7. The number of hydrogen-bond acceptors (Lipinski definition) is 4. The molecule has 2 aromatic rings. The van der Waals surface area contributed by atoms with Crippen molar-refractivity contribution in [3.8, 4) is 0 Å². The standard InChI is InChI=1S/C12H11BrFN3OS/c1-17(5-8-4-7(13)6-19-8)12(18)9-2-3-16-11(15)10(9)14/h2-4,6H,5H2,1H3,(H2,15,16). The maximum absolute atomic E-state index is 13.7. The van der Waals surface area contributed by atoms with Gasteiger partial charge in [-0.05, 0) is 28.1 Å². The molecule has 7 heteroatoms. The summed E-state index contributed by atoms with van der Waals surface area (Å²) in [5.41, 5.74) is 5.29. The van der Waals surface area contributed by atoms with E-state index in [0.717, 1.165) is 9.35 Å². The Bertz CT molecular complexity index is 617. The first-order valence-electron chi connectivity index (χ1n) is 5.37. The van der Waals surface area contributed by atoms with Gasteiger partial charge in [0.2, 0.25) is 0 Å². The average Bonchev–Trinajstić information content (AvgIpc) is 2.77. The number of rotatable bonds is 3. The van der Waals surface area contributed by atoms with Crippen molar-refractivity contribution >= 4 is 39.0 Å². The van der Waals surface area contributed by atoms with Gasteiger partial charge in [0.1, 0.15) is 0 Å². The molecule has 0 spiro atoms. The van der Waals surface area contributed by atoms with Gasteiger partial charge in [0.15, 0.2) is 11.6 Å². The zero-order valence-electron chi connectivity index (χ0n) is 10.1. The largest absolute Gasteiger partial charge is 0.381 e. The second-order valence-electron chi connectivity index (χ2n) is 3.95. The molecule has 0 aliphatic carbocycles. The number of nitrogen functional groups attached to an aromatic ring is 1.